The minimum atomic E-state index is -0.594. The number of nitrogens with one attached hydrogen (secondary N) is 3. The van der Waals surface area contributed by atoms with Crippen LogP contribution in [0.5, 0.6) is 5.88 Å². The number of pyridine rings is 1. The molecule has 1 aliphatic heterocycles. The number of anilines is 3. The number of nitrogens with zero attached hydrogens (tertiary/aromatic N) is 2. The van der Waals surface area contributed by atoms with Crippen LogP contribution in [0.3, 0.4) is 0 Å². The molecule has 0 fully saturated rings. The normalized spacial score (nSPS) is 12.5. The number of methoxy groups -OCH3 is 1. The molecule has 2 aromatic heterocycles. The lowest BCUT2D eigenvalue weighted by Gasteiger charge is -2.14. The molecule has 28 heavy (non-hydrogen) atoms. The SMILES string of the molecule is COc1[nH]c(=O)c(-c2cc(Cl)ccc2F)cc1Nc1ncnc2c1CC(=O)N2. The predicted octanol–water partition coefficient (Wildman–Crippen LogP) is 2.87. The number of hydrogen-bond donors (Lipinski definition) is 3. The lowest BCUT2D eigenvalue weighted by molar-refractivity contribution is -0.115. The number of ether oxygens (including phenoxy) is 1. The molecular formula is C18H13ClFN5O3. The van der Waals surface area contributed by atoms with Crippen molar-refractivity contribution in [2.45, 2.75) is 6.42 Å². The summed E-state index contributed by atoms with van der Waals surface area (Å²) < 4.78 is 19.5. The van der Waals surface area contributed by atoms with Crippen LogP contribution in [-0.4, -0.2) is 28.0 Å². The summed E-state index contributed by atoms with van der Waals surface area (Å²) in [5.74, 6) is 0.108. The van der Waals surface area contributed by atoms with E-state index in [9.17, 15) is 14.0 Å². The predicted molar refractivity (Wildman–Crippen MR) is 102 cm³/mol. The van der Waals surface area contributed by atoms with Gasteiger partial charge in [0.15, 0.2) is 0 Å². The number of fused-ring (bicyclic) bond motifs is 1. The number of carbonyl (C=O) groups excluding carboxylic acids is 1. The fourth-order valence-corrected chi connectivity index (χ4v) is 3.10. The molecule has 0 saturated carbocycles. The summed E-state index contributed by atoms with van der Waals surface area (Å²) in [5.41, 5.74) is 0.466. The number of benzene rings is 1. The van der Waals surface area contributed by atoms with Crippen molar-refractivity contribution in [3.05, 3.63) is 57.3 Å². The van der Waals surface area contributed by atoms with Crippen LogP contribution in [-0.2, 0) is 11.2 Å². The second-order valence-electron chi connectivity index (χ2n) is 5.98. The summed E-state index contributed by atoms with van der Waals surface area (Å²) in [4.78, 5) is 34.8. The van der Waals surface area contributed by atoms with E-state index in [-0.39, 0.29) is 29.3 Å². The Labute approximate surface area is 162 Å². The number of aromatic amines is 1. The summed E-state index contributed by atoms with van der Waals surface area (Å²) in [6, 6.07) is 5.38. The molecule has 0 aliphatic carbocycles. The zero-order valence-electron chi connectivity index (χ0n) is 14.5. The molecule has 0 atom stereocenters. The van der Waals surface area contributed by atoms with Crippen molar-refractivity contribution in [3.63, 3.8) is 0 Å². The van der Waals surface area contributed by atoms with E-state index in [0.717, 1.165) is 0 Å². The minimum absolute atomic E-state index is 0.0456. The van der Waals surface area contributed by atoms with Gasteiger partial charge in [-0.3, -0.25) is 14.6 Å². The van der Waals surface area contributed by atoms with Gasteiger partial charge in [0, 0.05) is 16.1 Å². The van der Waals surface area contributed by atoms with E-state index in [1.54, 1.807) is 0 Å². The zero-order chi connectivity index (χ0) is 19.8. The van der Waals surface area contributed by atoms with Crippen LogP contribution in [0.25, 0.3) is 11.1 Å². The van der Waals surface area contributed by atoms with Gasteiger partial charge in [0.05, 0.1) is 19.1 Å². The van der Waals surface area contributed by atoms with Gasteiger partial charge in [0.2, 0.25) is 11.8 Å². The van der Waals surface area contributed by atoms with Gasteiger partial charge in [-0.1, -0.05) is 11.6 Å². The molecule has 0 saturated heterocycles. The van der Waals surface area contributed by atoms with Crippen LogP contribution in [0.2, 0.25) is 5.02 Å². The third-order valence-corrected chi connectivity index (χ3v) is 4.46. The molecule has 3 N–H and O–H groups in total. The number of H-pyrrole nitrogens is 1. The number of rotatable bonds is 4. The maximum Gasteiger partial charge on any atom is 0.258 e. The van der Waals surface area contributed by atoms with Crippen LogP contribution in [0, 0.1) is 5.82 Å². The number of hydrogen-bond acceptors (Lipinski definition) is 6. The Bertz CT molecular complexity index is 1160. The zero-order valence-corrected chi connectivity index (χ0v) is 15.2. The summed E-state index contributed by atoms with van der Waals surface area (Å²) in [6.45, 7) is 0. The van der Waals surface area contributed by atoms with E-state index in [4.69, 9.17) is 16.3 Å². The monoisotopic (exact) mass is 401 g/mol. The number of halogens is 2. The first-order chi connectivity index (χ1) is 13.5. The number of aromatic nitrogens is 3. The van der Waals surface area contributed by atoms with Crippen LogP contribution in [0.4, 0.5) is 21.7 Å². The van der Waals surface area contributed by atoms with Crippen LogP contribution < -0.4 is 20.9 Å². The van der Waals surface area contributed by atoms with Crippen molar-refractivity contribution in [1.29, 1.82) is 0 Å². The van der Waals surface area contributed by atoms with Gasteiger partial charge in [-0.05, 0) is 24.3 Å². The van der Waals surface area contributed by atoms with Crippen molar-refractivity contribution in [2.24, 2.45) is 0 Å². The lowest BCUT2D eigenvalue weighted by Crippen LogP contribution is -2.13. The van der Waals surface area contributed by atoms with E-state index in [1.807, 2.05) is 0 Å². The van der Waals surface area contributed by atoms with E-state index in [0.29, 0.717) is 27.9 Å². The van der Waals surface area contributed by atoms with Gasteiger partial charge in [-0.25, -0.2) is 14.4 Å². The van der Waals surface area contributed by atoms with Crippen LogP contribution in [0.15, 0.2) is 35.4 Å². The van der Waals surface area contributed by atoms with E-state index >= 15 is 0 Å². The average molecular weight is 402 g/mol. The maximum absolute atomic E-state index is 14.3. The topological polar surface area (TPSA) is 109 Å². The van der Waals surface area contributed by atoms with Crippen molar-refractivity contribution in [3.8, 4) is 17.0 Å². The maximum atomic E-state index is 14.3. The molecule has 0 unspecified atom stereocenters. The highest BCUT2D eigenvalue weighted by molar-refractivity contribution is 6.30. The second-order valence-corrected chi connectivity index (χ2v) is 6.42. The first-order valence-electron chi connectivity index (χ1n) is 8.13. The summed E-state index contributed by atoms with van der Waals surface area (Å²) in [6.07, 6.45) is 1.41. The Morgan fingerprint density at radius 3 is 2.82 bits per heavy atom. The molecule has 3 heterocycles. The Morgan fingerprint density at radius 2 is 2.04 bits per heavy atom. The standard InChI is InChI=1S/C18H13ClFN5O3/c1-28-18-13(23-15-11-6-14(26)24-16(11)22-7-21-15)5-10(17(27)25-18)9-4-8(19)2-3-12(9)20/h2-5,7H,6H2,1H3,(H,25,27)(H2,21,22,23,24,26). The highest BCUT2D eigenvalue weighted by atomic mass is 35.5. The number of amides is 1. The molecule has 142 valence electrons. The molecule has 4 rings (SSSR count). The largest absolute Gasteiger partial charge is 0.481 e. The molecule has 10 heteroatoms. The highest BCUT2D eigenvalue weighted by Gasteiger charge is 2.24. The Balaban J connectivity index is 1.82. The van der Waals surface area contributed by atoms with Crippen LogP contribution in [0.1, 0.15) is 5.56 Å². The fraction of sp³-hybridized carbons (Fsp3) is 0.111. The van der Waals surface area contributed by atoms with E-state index < -0.39 is 11.4 Å². The highest BCUT2D eigenvalue weighted by Crippen LogP contribution is 2.33. The van der Waals surface area contributed by atoms with Gasteiger partial charge in [0.25, 0.3) is 5.56 Å². The first-order valence-corrected chi connectivity index (χ1v) is 8.51. The van der Waals surface area contributed by atoms with E-state index in [2.05, 4.69) is 25.6 Å². The van der Waals surface area contributed by atoms with Crippen molar-refractivity contribution >= 4 is 34.8 Å². The Kier molecular flexibility index (Phi) is 4.44. The molecule has 1 amide bonds. The van der Waals surface area contributed by atoms with Gasteiger partial charge < -0.3 is 15.4 Å². The summed E-state index contributed by atoms with van der Waals surface area (Å²) in [5, 5.41) is 5.94. The summed E-state index contributed by atoms with van der Waals surface area (Å²) >= 11 is 5.95. The molecule has 0 bridgehead atoms. The third-order valence-electron chi connectivity index (χ3n) is 4.22. The molecule has 0 spiro atoms. The van der Waals surface area contributed by atoms with Gasteiger partial charge in [-0.2, -0.15) is 0 Å². The van der Waals surface area contributed by atoms with Crippen LogP contribution >= 0.6 is 11.6 Å². The fourth-order valence-electron chi connectivity index (χ4n) is 2.93. The van der Waals surface area contributed by atoms with E-state index in [1.165, 1.54) is 37.7 Å². The first kappa shape index (κ1) is 17.9. The van der Waals surface area contributed by atoms with Gasteiger partial charge >= 0.3 is 0 Å². The molecule has 3 aromatic rings. The molecule has 8 nitrogen and oxygen atoms in total. The summed E-state index contributed by atoms with van der Waals surface area (Å²) in [7, 11) is 1.38. The second kappa shape index (κ2) is 6.93. The lowest BCUT2D eigenvalue weighted by atomic mass is 10.1. The Morgan fingerprint density at radius 1 is 1.21 bits per heavy atom. The van der Waals surface area contributed by atoms with Gasteiger partial charge in [-0.15, -0.1) is 0 Å². The van der Waals surface area contributed by atoms with Crippen molar-refractivity contribution in [1.82, 2.24) is 15.0 Å². The third kappa shape index (κ3) is 3.16. The minimum Gasteiger partial charge on any atom is -0.481 e. The smallest absolute Gasteiger partial charge is 0.258 e. The molecular weight excluding hydrogens is 389 g/mol. The quantitative estimate of drug-likeness (QED) is 0.620. The molecule has 0 radical (unpaired) electrons. The van der Waals surface area contributed by atoms with Gasteiger partial charge in [0.1, 0.15) is 29.5 Å². The van der Waals surface area contributed by atoms with Crippen molar-refractivity contribution in [2.75, 3.05) is 17.7 Å². The average Bonchev–Trinajstić information content (AvgIpc) is 3.06. The Hall–Kier alpha value is -3.46. The molecule has 1 aromatic carbocycles. The van der Waals surface area contributed by atoms with Crippen molar-refractivity contribution < 1.29 is 13.9 Å². The molecule has 1 aliphatic rings. The number of carbonyl (C=O) groups is 1.